The van der Waals surface area contributed by atoms with Crippen molar-refractivity contribution >= 4 is 31.8 Å². The number of nitrogens with zero attached hydrogens (tertiary/aromatic N) is 5. The molecule has 0 aliphatic carbocycles. The molecule has 0 bridgehead atoms. The van der Waals surface area contributed by atoms with Crippen LogP contribution in [0.5, 0.6) is 0 Å². The Morgan fingerprint density at radius 1 is 1.33 bits per heavy atom. The van der Waals surface area contributed by atoms with E-state index >= 15 is 0 Å². The van der Waals surface area contributed by atoms with E-state index in [1.54, 1.807) is 0 Å². The lowest BCUT2D eigenvalue weighted by Gasteiger charge is -2.03. The van der Waals surface area contributed by atoms with E-state index in [2.05, 4.69) is 40.8 Å². The van der Waals surface area contributed by atoms with E-state index < -0.39 is 10.0 Å². The van der Waals surface area contributed by atoms with Gasteiger partial charge in [0.2, 0.25) is 5.03 Å². The average Bonchev–Trinajstić information content (AvgIpc) is 2.81. The average molecular weight is 333 g/mol. The van der Waals surface area contributed by atoms with Crippen molar-refractivity contribution in [2.45, 2.75) is 18.5 Å². The van der Waals surface area contributed by atoms with Crippen LogP contribution in [-0.4, -0.2) is 33.4 Å². The zero-order valence-electron chi connectivity index (χ0n) is 9.28. The van der Waals surface area contributed by atoms with Gasteiger partial charge in [0.15, 0.2) is 5.82 Å². The van der Waals surface area contributed by atoms with Crippen molar-refractivity contribution in [2.75, 3.05) is 4.72 Å². The number of aromatic nitrogens is 5. The number of sulfonamides is 1. The van der Waals surface area contributed by atoms with Crippen LogP contribution in [0, 0.1) is 0 Å². The third-order valence-electron chi connectivity index (χ3n) is 1.93. The summed E-state index contributed by atoms with van der Waals surface area (Å²) in [6.45, 7) is 2.30. The quantitative estimate of drug-likeness (QED) is 0.881. The van der Waals surface area contributed by atoms with Gasteiger partial charge in [-0.3, -0.25) is 4.72 Å². The zero-order valence-corrected chi connectivity index (χ0v) is 11.7. The summed E-state index contributed by atoms with van der Waals surface area (Å²) < 4.78 is 26.6. The van der Waals surface area contributed by atoms with Crippen molar-refractivity contribution in [3.05, 3.63) is 23.2 Å². The second-order valence-corrected chi connectivity index (χ2v) is 5.64. The number of halogens is 1. The number of rotatable bonds is 4. The van der Waals surface area contributed by atoms with Gasteiger partial charge in [-0.15, -0.1) is 5.10 Å². The van der Waals surface area contributed by atoms with Crippen molar-refractivity contribution in [2.24, 2.45) is 0 Å². The maximum Gasteiger partial charge on any atom is 0.284 e. The van der Waals surface area contributed by atoms with Crippen molar-refractivity contribution in [3.8, 4) is 0 Å². The molecule has 0 aromatic carbocycles. The molecule has 0 spiro atoms. The maximum atomic E-state index is 11.9. The molecule has 0 saturated carbocycles. The number of hydrogen-bond donors (Lipinski definition) is 1. The molecule has 0 atom stereocenters. The smallest absolute Gasteiger partial charge is 0.261 e. The van der Waals surface area contributed by atoms with Crippen molar-refractivity contribution in [1.29, 1.82) is 0 Å². The van der Waals surface area contributed by atoms with E-state index in [9.17, 15) is 8.42 Å². The summed E-state index contributed by atoms with van der Waals surface area (Å²) in [4.78, 5) is 9.01. The summed E-state index contributed by atoms with van der Waals surface area (Å²) >= 11 is 3.11. The van der Waals surface area contributed by atoms with Crippen LogP contribution in [0.15, 0.2) is 28.2 Å². The van der Waals surface area contributed by atoms with Crippen LogP contribution in [0.4, 0.5) is 5.82 Å². The Labute approximate surface area is 112 Å². The molecule has 2 rings (SSSR count). The highest BCUT2D eigenvalue weighted by molar-refractivity contribution is 9.10. The Kier molecular flexibility index (Phi) is 3.57. The minimum absolute atomic E-state index is 0.115. The Hall–Kier alpha value is -1.55. The lowest BCUT2D eigenvalue weighted by atomic mass is 10.7. The summed E-state index contributed by atoms with van der Waals surface area (Å²) in [5.74, 6) is 0.115. The third-order valence-corrected chi connectivity index (χ3v) is 3.56. The summed E-state index contributed by atoms with van der Waals surface area (Å²) in [5, 5.41) is 7.45. The van der Waals surface area contributed by atoms with Crippen LogP contribution in [0.2, 0.25) is 0 Å². The predicted molar refractivity (Wildman–Crippen MR) is 66.2 cm³/mol. The first-order valence-electron chi connectivity index (χ1n) is 4.92. The van der Waals surface area contributed by atoms with Crippen LogP contribution in [0.3, 0.4) is 0 Å². The Bertz CT molecular complexity index is 638. The molecule has 0 unspecified atom stereocenters. The fraction of sp³-hybridized carbons (Fsp3) is 0.250. The first-order chi connectivity index (χ1) is 8.51. The second-order valence-electron chi connectivity index (χ2n) is 3.20. The zero-order chi connectivity index (χ0) is 13.2. The van der Waals surface area contributed by atoms with E-state index in [4.69, 9.17) is 0 Å². The molecule has 0 fully saturated rings. The molecule has 1 N–H and O–H groups in total. The normalized spacial score (nSPS) is 11.4. The molecule has 2 heterocycles. The minimum atomic E-state index is -3.78. The minimum Gasteiger partial charge on any atom is -0.261 e. The molecule has 2 aromatic heterocycles. The maximum absolute atomic E-state index is 11.9. The first kappa shape index (κ1) is 12.9. The molecule has 10 heteroatoms. The molecule has 0 saturated heterocycles. The Morgan fingerprint density at radius 2 is 2.11 bits per heavy atom. The molecule has 18 heavy (non-hydrogen) atoms. The van der Waals surface area contributed by atoms with Crippen LogP contribution < -0.4 is 4.72 Å². The van der Waals surface area contributed by atoms with Crippen molar-refractivity contribution in [3.63, 3.8) is 0 Å². The Morgan fingerprint density at radius 3 is 2.67 bits per heavy atom. The van der Waals surface area contributed by atoms with Gasteiger partial charge in [0, 0.05) is 0 Å². The molecule has 0 aliphatic rings. The van der Waals surface area contributed by atoms with E-state index in [1.165, 1.54) is 23.4 Å². The van der Waals surface area contributed by atoms with Crippen molar-refractivity contribution in [1.82, 2.24) is 25.0 Å². The lowest BCUT2D eigenvalue weighted by Crippen LogP contribution is -2.15. The van der Waals surface area contributed by atoms with Crippen LogP contribution >= 0.6 is 15.9 Å². The van der Waals surface area contributed by atoms with Gasteiger partial charge in [-0.2, -0.15) is 18.3 Å². The molecule has 96 valence electrons. The summed E-state index contributed by atoms with van der Waals surface area (Å²) in [6, 6.07) is 0. The largest absolute Gasteiger partial charge is 0.284 e. The molecular formula is C8H9BrN6O2S. The van der Waals surface area contributed by atoms with E-state index in [1.807, 2.05) is 6.92 Å². The van der Waals surface area contributed by atoms with Gasteiger partial charge in [0.25, 0.3) is 10.0 Å². The van der Waals surface area contributed by atoms with E-state index in [-0.39, 0.29) is 10.8 Å². The highest BCUT2D eigenvalue weighted by Gasteiger charge is 2.19. The predicted octanol–water partition coefficient (Wildman–Crippen LogP) is 0.651. The van der Waals surface area contributed by atoms with Gasteiger partial charge in [0.1, 0.15) is 4.60 Å². The molecule has 0 aliphatic heterocycles. The molecule has 2 aromatic rings. The molecule has 0 amide bonds. The topological polar surface area (TPSA) is 103 Å². The van der Waals surface area contributed by atoms with Gasteiger partial charge < -0.3 is 0 Å². The highest BCUT2D eigenvalue weighted by Crippen LogP contribution is 2.11. The Balaban J connectivity index is 2.24. The highest BCUT2D eigenvalue weighted by atomic mass is 79.9. The monoisotopic (exact) mass is 332 g/mol. The molecule has 8 nitrogen and oxygen atoms in total. The standard InChI is InChI=1S/C8H9BrN6O2S/c1-2-15-12-5-8(13-15)18(16,17)14-7-4-10-6(9)3-11-7/h3-5H,2H2,1H3,(H,11,14). The van der Waals surface area contributed by atoms with Gasteiger partial charge >= 0.3 is 0 Å². The van der Waals surface area contributed by atoms with Crippen molar-refractivity contribution < 1.29 is 8.42 Å². The van der Waals surface area contributed by atoms with Gasteiger partial charge in [-0.25, -0.2) is 9.97 Å². The van der Waals surface area contributed by atoms with Crippen LogP contribution in [0.25, 0.3) is 0 Å². The number of nitrogens with one attached hydrogen (secondary N) is 1. The van der Waals surface area contributed by atoms with E-state index in [0.717, 1.165) is 0 Å². The number of hydrogen-bond acceptors (Lipinski definition) is 6. The molecule has 0 radical (unpaired) electrons. The lowest BCUT2D eigenvalue weighted by molar-refractivity contribution is 0.551. The van der Waals surface area contributed by atoms with E-state index in [0.29, 0.717) is 11.1 Å². The second kappa shape index (κ2) is 4.98. The van der Waals surface area contributed by atoms with Crippen LogP contribution in [0.1, 0.15) is 6.92 Å². The number of anilines is 1. The summed E-state index contributed by atoms with van der Waals surface area (Å²) in [7, 11) is -3.78. The fourth-order valence-electron chi connectivity index (χ4n) is 1.11. The van der Waals surface area contributed by atoms with Gasteiger partial charge in [-0.05, 0) is 22.9 Å². The fourth-order valence-corrected chi connectivity index (χ4v) is 2.19. The van der Waals surface area contributed by atoms with Gasteiger partial charge in [-0.1, -0.05) is 0 Å². The third kappa shape index (κ3) is 2.82. The number of aryl methyl sites for hydroxylation is 1. The SMILES string of the molecule is CCn1ncc(S(=O)(=O)Nc2cnc(Br)cn2)n1. The summed E-state index contributed by atoms with van der Waals surface area (Å²) in [5.41, 5.74) is 0. The van der Waals surface area contributed by atoms with Crippen LogP contribution in [-0.2, 0) is 16.6 Å². The first-order valence-corrected chi connectivity index (χ1v) is 7.19. The van der Waals surface area contributed by atoms with Gasteiger partial charge in [0.05, 0.1) is 25.1 Å². The summed E-state index contributed by atoms with van der Waals surface area (Å²) in [6.07, 6.45) is 3.87. The molecular weight excluding hydrogens is 324 g/mol.